The highest BCUT2D eigenvalue weighted by Gasteiger charge is 2.41. The van der Waals surface area contributed by atoms with Crippen molar-refractivity contribution in [1.29, 1.82) is 0 Å². The third-order valence-electron chi connectivity index (χ3n) is 4.48. The lowest BCUT2D eigenvalue weighted by Crippen LogP contribution is -2.37. The van der Waals surface area contributed by atoms with Crippen LogP contribution in [0.15, 0.2) is 0 Å². The number of amides is 4. The van der Waals surface area contributed by atoms with Crippen LogP contribution >= 0.6 is 0 Å². The number of aromatic nitrogens is 2. The molecule has 4 amide bonds. The van der Waals surface area contributed by atoms with E-state index in [-0.39, 0.29) is 24.3 Å². The molecule has 8 heteroatoms. The van der Waals surface area contributed by atoms with Crippen LogP contribution in [0.25, 0.3) is 0 Å². The fraction of sp³-hybridized carbons (Fsp3) is 0.625. The molecule has 132 valence electrons. The second kappa shape index (κ2) is 7.02. The van der Waals surface area contributed by atoms with Gasteiger partial charge in [-0.2, -0.15) is 5.10 Å². The van der Waals surface area contributed by atoms with Gasteiger partial charge in [0.2, 0.25) is 5.91 Å². The molecule has 1 fully saturated rings. The van der Waals surface area contributed by atoms with Gasteiger partial charge >= 0.3 is 6.03 Å². The molecule has 1 aromatic heterocycles. The first-order chi connectivity index (χ1) is 11.3. The molecule has 1 aliphatic rings. The fourth-order valence-electron chi connectivity index (χ4n) is 2.93. The maximum atomic E-state index is 12.2. The van der Waals surface area contributed by atoms with Crippen LogP contribution in [0.1, 0.15) is 36.7 Å². The summed E-state index contributed by atoms with van der Waals surface area (Å²) >= 11 is 0. The van der Waals surface area contributed by atoms with Gasteiger partial charge in [-0.1, -0.05) is 6.92 Å². The number of imide groups is 1. The Labute approximate surface area is 141 Å². The van der Waals surface area contributed by atoms with Crippen LogP contribution in [0.5, 0.6) is 0 Å². The minimum Gasteiger partial charge on any atom is -0.352 e. The molecule has 1 N–H and O–H groups in total. The first-order valence-corrected chi connectivity index (χ1v) is 8.11. The average Bonchev–Trinajstić information content (AvgIpc) is 2.90. The summed E-state index contributed by atoms with van der Waals surface area (Å²) in [5.41, 5.74) is 2.93. The predicted molar refractivity (Wildman–Crippen MR) is 88.2 cm³/mol. The maximum Gasteiger partial charge on any atom is 0.326 e. The highest BCUT2D eigenvalue weighted by Crippen LogP contribution is 2.17. The molecule has 2 heterocycles. The summed E-state index contributed by atoms with van der Waals surface area (Å²) in [6.45, 7) is 7.21. The number of carbonyl (C=O) groups is 3. The van der Waals surface area contributed by atoms with Crippen molar-refractivity contribution in [2.75, 3.05) is 14.1 Å². The number of hydrogen-bond donors (Lipinski definition) is 1. The van der Waals surface area contributed by atoms with E-state index in [0.29, 0.717) is 6.54 Å². The van der Waals surface area contributed by atoms with E-state index in [1.54, 1.807) is 0 Å². The quantitative estimate of drug-likeness (QED) is 0.779. The number of carbonyl (C=O) groups excluding carboxylic acids is 3. The van der Waals surface area contributed by atoms with Crippen LogP contribution < -0.4 is 5.32 Å². The lowest BCUT2D eigenvalue weighted by molar-refractivity contribution is -0.131. The van der Waals surface area contributed by atoms with Crippen molar-refractivity contribution in [3.05, 3.63) is 17.0 Å². The number of rotatable bonds is 6. The number of aryl methyl sites for hydroxylation is 2. The van der Waals surface area contributed by atoms with Crippen molar-refractivity contribution < 1.29 is 14.4 Å². The summed E-state index contributed by atoms with van der Waals surface area (Å²) < 4.78 is 1.94. The van der Waals surface area contributed by atoms with Crippen molar-refractivity contribution in [2.45, 2.75) is 52.7 Å². The summed E-state index contributed by atoms with van der Waals surface area (Å²) in [5.74, 6) is -0.605. The van der Waals surface area contributed by atoms with Gasteiger partial charge in [0.25, 0.3) is 5.91 Å². The van der Waals surface area contributed by atoms with Crippen molar-refractivity contribution in [3.8, 4) is 0 Å². The SMILES string of the molecule is CCCn1nc(C)c(CNC(=O)C[C@H]2C(=O)N(C)C(=O)N2C)c1C. The Balaban J connectivity index is 1.97. The Morgan fingerprint density at radius 3 is 2.46 bits per heavy atom. The lowest BCUT2D eigenvalue weighted by Gasteiger charge is -2.15. The van der Waals surface area contributed by atoms with Crippen molar-refractivity contribution in [1.82, 2.24) is 24.9 Å². The summed E-state index contributed by atoms with van der Waals surface area (Å²) in [6, 6.07) is -1.11. The minimum atomic E-state index is -0.729. The van der Waals surface area contributed by atoms with Gasteiger partial charge in [-0.05, 0) is 20.3 Å². The van der Waals surface area contributed by atoms with Crippen LogP contribution in [-0.4, -0.2) is 57.6 Å². The zero-order chi connectivity index (χ0) is 18.0. The van der Waals surface area contributed by atoms with Crippen LogP contribution in [0.4, 0.5) is 4.79 Å². The van der Waals surface area contributed by atoms with E-state index in [1.807, 2.05) is 18.5 Å². The molecule has 0 bridgehead atoms. The molecule has 1 aromatic rings. The van der Waals surface area contributed by atoms with E-state index in [0.717, 1.165) is 34.8 Å². The van der Waals surface area contributed by atoms with Crippen molar-refractivity contribution in [2.24, 2.45) is 0 Å². The molecule has 1 saturated heterocycles. The van der Waals surface area contributed by atoms with Gasteiger partial charge in [-0.3, -0.25) is 19.2 Å². The number of likely N-dealkylation sites (N-methyl/N-ethyl adjacent to an activating group) is 2. The molecule has 0 unspecified atom stereocenters. The number of nitrogens with zero attached hydrogens (tertiary/aromatic N) is 4. The molecule has 1 aliphatic heterocycles. The molecule has 0 aliphatic carbocycles. The summed E-state index contributed by atoms with van der Waals surface area (Å²) in [5, 5.41) is 7.31. The largest absolute Gasteiger partial charge is 0.352 e. The van der Waals surface area contributed by atoms with E-state index in [4.69, 9.17) is 0 Å². The Hall–Kier alpha value is -2.38. The summed E-state index contributed by atoms with van der Waals surface area (Å²) in [4.78, 5) is 38.2. The van der Waals surface area contributed by atoms with Gasteiger partial charge in [-0.25, -0.2) is 4.79 Å². The highest BCUT2D eigenvalue weighted by molar-refractivity contribution is 6.05. The Bertz CT molecular complexity index is 667. The van der Waals surface area contributed by atoms with Crippen LogP contribution in [0.2, 0.25) is 0 Å². The zero-order valence-electron chi connectivity index (χ0n) is 14.9. The van der Waals surface area contributed by atoms with E-state index >= 15 is 0 Å². The molecule has 24 heavy (non-hydrogen) atoms. The van der Waals surface area contributed by atoms with E-state index in [9.17, 15) is 14.4 Å². The number of urea groups is 1. The maximum absolute atomic E-state index is 12.2. The molecule has 0 radical (unpaired) electrons. The van der Waals surface area contributed by atoms with Gasteiger partial charge in [0, 0.05) is 38.4 Å². The second-order valence-corrected chi connectivity index (χ2v) is 6.16. The van der Waals surface area contributed by atoms with Gasteiger partial charge in [0.15, 0.2) is 0 Å². The molecular formula is C16H25N5O3. The standard InChI is InChI=1S/C16H25N5O3/c1-6-7-21-11(3)12(10(2)18-21)9-17-14(22)8-13-15(23)20(5)16(24)19(13)4/h13H,6-9H2,1-5H3,(H,17,22)/t13-/m0/s1. The van der Waals surface area contributed by atoms with Gasteiger partial charge in [-0.15, -0.1) is 0 Å². The molecule has 0 spiro atoms. The Morgan fingerprint density at radius 2 is 1.92 bits per heavy atom. The van der Waals surface area contributed by atoms with E-state index < -0.39 is 6.04 Å². The third kappa shape index (κ3) is 3.27. The van der Waals surface area contributed by atoms with Crippen LogP contribution in [0.3, 0.4) is 0 Å². The van der Waals surface area contributed by atoms with Crippen molar-refractivity contribution in [3.63, 3.8) is 0 Å². The lowest BCUT2D eigenvalue weighted by atomic mass is 10.1. The highest BCUT2D eigenvalue weighted by atomic mass is 16.2. The monoisotopic (exact) mass is 335 g/mol. The first-order valence-electron chi connectivity index (χ1n) is 8.11. The average molecular weight is 335 g/mol. The van der Waals surface area contributed by atoms with Gasteiger partial charge in [0.1, 0.15) is 6.04 Å². The minimum absolute atomic E-state index is 0.0351. The van der Waals surface area contributed by atoms with Crippen LogP contribution in [0, 0.1) is 13.8 Å². The zero-order valence-corrected chi connectivity index (χ0v) is 14.9. The van der Waals surface area contributed by atoms with E-state index in [1.165, 1.54) is 19.0 Å². The van der Waals surface area contributed by atoms with Crippen LogP contribution in [-0.2, 0) is 22.7 Å². The van der Waals surface area contributed by atoms with Gasteiger partial charge < -0.3 is 10.2 Å². The molecule has 2 rings (SSSR count). The first kappa shape index (κ1) is 18.0. The summed E-state index contributed by atoms with van der Waals surface area (Å²) in [7, 11) is 2.96. The predicted octanol–water partition coefficient (Wildman–Crippen LogP) is 0.809. The molecule has 1 atom stereocenters. The number of hydrogen-bond acceptors (Lipinski definition) is 4. The Morgan fingerprint density at radius 1 is 1.25 bits per heavy atom. The fourth-order valence-corrected chi connectivity index (χ4v) is 2.93. The van der Waals surface area contributed by atoms with Crippen molar-refractivity contribution >= 4 is 17.8 Å². The van der Waals surface area contributed by atoms with Gasteiger partial charge in [0.05, 0.1) is 12.1 Å². The smallest absolute Gasteiger partial charge is 0.326 e. The molecular weight excluding hydrogens is 310 g/mol. The molecule has 0 aromatic carbocycles. The summed E-state index contributed by atoms with van der Waals surface area (Å²) in [6.07, 6.45) is 0.956. The third-order valence-corrected chi connectivity index (χ3v) is 4.48. The second-order valence-electron chi connectivity index (χ2n) is 6.16. The normalized spacial score (nSPS) is 17.8. The molecule has 8 nitrogen and oxygen atoms in total. The van der Waals surface area contributed by atoms with E-state index in [2.05, 4.69) is 17.3 Å². The Kier molecular flexibility index (Phi) is 5.26. The number of nitrogens with one attached hydrogen (secondary N) is 1. The topological polar surface area (TPSA) is 87.5 Å². The molecule has 0 saturated carbocycles.